The lowest BCUT2D eigenvalue weighted by molar-refractivity contribution is -0.141. The van der Waals surface area contributed by atoms with Crippen molar-refractivity contribution in [1.29, 1.82) is 0 Å². The highest BCUT2D eigenvalue weighted by atomic mass is 35.5. The van der Waals surface area contributed by atoms with Crippen LogP contribution in [0.15, 0.2) is 30.5 Å². The molecule has 0 saturated heterocycles. The van der Waals surface area contributed by atoms with Crippen molar-refractivity contribution in [2.45, 2.75) is 44.6 Å². The van der Waals surface area contributed by atoms with E-state index in [4.69, 9.17) is 23.2 Å². The molecule has 1 aromatic heterocycles. The Balaban J connectivity index is 1.38. The number of aryl methyl sites for hydroxylation is 1. The number of amides is 2. The number of rotatable bonds is 4. The zero-order valence-corrected chi connectivity index (χ0v) is 18.3. The van der Waals surface area contributed by atoms with Crippen LogP contribution in [-0.2, 0) is 10.7 Å². The molecular formula is C22H21Cl2F2N3O2. The highest BCUT2D eigenvalue weighted by molar-refractivity contribution is 6.31. The van der Waals surface area contributed by atoms with Crippen LogP contribution in [0.4, 0.5) is 14.5 Å². The first kappa shape index (κ1) is 22.0. The first-order valence-corrected chi connectivity index (χ1v) is 10.8. The molecule has 2 aliphatic rings. The Morgan fingerprint density at radius 3 is 2.61 bits per heavy atom. The summed E-state index contributed by atoms with van der Waals surface area (Å²) in [7, 11) is 0. The van der Waals surface area contributed by atoms with Gasteiger partial charge in [-0.05, 0) is 62.8 Å². The predicted molar refractivity (Wildman–Crippen MR) is 115 cm³/mol. The molecule has 1 aromatic carbocycles. The van der Waals surface area contributed by atoms with E-state index < -0.39 is 11.8 Å². The van der Waals surface area contributed by atoms with Gasteiger partial charge in [-0.25, -0.2) is 0 Å². The number of carbonyl (C=O) groups excluding carboxylic acids is 2. The average Bonchev–Trinajstić information content (AvgIpc) is 2.91. The topological polar surface area (TPSA) is 62.3 Å². The van der Waals surface area contributed by atoms with Gasteiger partial charge in [0.25, 0.3) is 5.91 Å². The molecule has 164 valence electrons. The van der Waals surface area contributed by atoms with Crippen LogP contribution in [-0.4, -0.2) is 29.4 Å². The van der Waals surface area contributed by atoms with E-state index in [2.05, 4.69) is 10.3 Å². The van der Waals surface area contributed by atoms with Gasteiger partial charge in [-0.3, -0.25) is 14.6 Å². The van der Waals surface area contributed by atoms with Crippen LogP contribution < -0.4 is 10.2 Å². The normalized spacial score (nSPS) is 22.4. The molecule has 0 unspecified atom stereocenters. The Kier molecular flexibility index (Phi) is 5.92. The van der Waals surface area contributed by atoms with Gasteiger partial charge in [-0.1, -0.05) is 23.2 Å². The molecule has 2 aromatic rings. The maximum absolute atomic E-state index is 14.4. The molecule has 0 spiro atoms. The fourth-order valence-electron chi connectivity index (χ4n) is 4.32. The molecule has 2 heterocycles. The fraction of sp³-hybridized carbons (Fsp3) is 0.409. The van der Waals surface area contributed by atoms with E-state index in [1.54, 1.807) is 13.0 Å². The van der Waals surface area contributed by atoms with Crippen LogP contribution in [0.3, 0.4) is 0 Å². The standard InChI is InChI=1S/C22H21Cl2F2N3O2/c1-12-17(8-15(24)10-27-12)20(30)28-16-5-2-13(3-6-16)11-29-19-9-14(23)4-7-18(19)22(25,26)21(29)31/h4,7-10,13,16H,2-3,5-6,11H2,1H3,(H,28,30). The minimum absolute atomic E-state index is 0.0282. The number of benzene rings is 1. The number of nitrogens with zero attached hydrogens (tertiary/aromatic N) is 2. The lowest BCUT2D eigenvalue weighted by Gasteiger charge is -2.32. The van der Waals surface area contributed by atoms with Crippen molar-refractivity contribution in [2.24, 2.45) is 5.92 Å². The van der Waals surface area contributed by atoms with E-state index in [1.807, 2.05) is 0 Å². The largest absolute Gasteiger partial charge is 0.352 e. The molecule has 1 saturated carbocycles. The highest BCUT2D eigenvalue weighted by Crippen LogP contribution is 2.46. The summed E-state index contributed by atoms with van der Waals surface area (Å²) in [5.41, 5.74) is 0.921. The number of aromatic nitrogens is 1. The van der Waals surface area contributed by atoms with Gasteiger partial charge in [-0.2, -0.15) is 8.78 Å². The summed E-state index contributed by atoms with van der Waals surface area (Å²) >= 11 is 11.9. The van der Waals surface area contributed by atoms with Gasteiger partial charge in [0, 0.05) is 23.8 Å². The number of pyridine rings is 1. The summed E-state index contributed by atoms with van der Waals surface area (Å²) in [6.07, 6.45) is 4.31. The zero-order valence-electron chi connectivity index (χ0n) is 16.8. The lowest BCUT2D eigenvalue weighted by atomic mass is 9.85. The quantitative estimate of drug-likeness (QED) is 0.678. The Hall–Kier alpha value is -2.25. The van der Waals surface area contributed by atoms with E-state index in [9.17, 15) is 18.4 Å². The van der Waals surface area contributed by atoms with Crippen LogP contribution >= 0.6 is 23.2 Å². The lowest BCUT2D eigenvalue weighted by Crippen LogP contribution is -2.42. The number of hydrogen-bond donors (Lipinski definition) is 1. The summed E-state index contributed by atoms with van der Waals surface area (Å²) in [6.45, 7) is 1.95. The molecule has 1 fully saturated rings. The SMILES string of the molecule is Cc1ncc(Cl)cc1C(=O)NC1CCC(CN2C(=O)C(F)(F)c3ccc(Cl)cc32)CC1. The summed E-state index contributed by atoms with van der Waals surface area (Å²) in [4.78, 5) is 30.2. The molecule has 1 aliphatic carbocycles. The Morgan fingerprint density at radius 2 is 1.90 bits per heavy atom. The molecule has 0 bridgehead atoms. The Morgan fingerprint density at radius 1 is 1.19 bits per heavy atom. The molecule has 0 radical (unpaired) electrons. The maximum atomic E-state index is 14.4. The molecule has 5 nitrogen and oxygen atoms in total. The van der Waals surface area contributed by atoms with E-state index in [0.717, 1.165) is 4.90 Å². The second-order valence-corrected chi connectivity index (χ2v) is 9.00. The zero-order chi connectivity index (χ0) is 22.3. The van der Waals surface area contributed by atoms with Crippen LogP contribution in [0.5, 0.6) is 0 Å². The molecule has 2 amide bonds. The summed E-state index contributed by atoms with van der Waals surface area (Å²) in [5.74, 6) is -4.90. The summed E-state index contributed by atoms with van der Waals surface area (Å²) in [6, 6.07) is 5.57. The number of hydrogen-bond acceptors (Lipinski definition) is 3. The Bertz CT molecular complexity index is 1040. The third kappa shape index (κ3) is 4.26. The maximum Gasteiger partial charge on any atom is 0.352 e. The minimum Gasteiger partial charge on any atom is -0.349 e. The molecule has 4 rings (SSSR count). The molecule has 9 heteroatoms. The van der Waals surface area contributed by atoms with Gasteiger partial charge in [0.2, 0.25) is 0 Å². The van der Waals surface area contributed by atoms with Crippen molar-refractivity contribution in [3.05, 3.63) is 57.3 Å². The van der Waals surface area contributed by atoms with Gasteiger partial charge < -0.3 is 10.2 Å². The fourth-order valence-corrected chi connectivity index (χ4v) is 4.64. The van der Waals surface area contributed by atoms with Crippen molar-refractivity contribution < 1.29 is 18.4 Å². The first-order chi connectivity index (χ1) is 14.7. The van der Waals surface area contributed by atoms with E-state index in [1.165, 1.54) is 24.4 Å². The van der Waals surface area contributed by atoms with Gasteiger partial charge >= 0.3 is 11.8 Å². The molecular weight excluding hydrogens is 447 g/mol. The predicted octanol–water partition coefficient (Wildman–Crippen LogP) is 5.12. The second kappa shape index (κ2) is 8.36. The minimum atomic E-state index is -3.53. The van der Waals surface area contributed by atoms with E-state index in [-0.39, 0.29) is 35.7 Å². The summed E-state index contributed by atoms with van der Waals surface area (Å²) < 4.78 is 28.8. The molecule has 0 atom stereocenters. The van der Waals surface area contributed by atoms with Crippen molar-refractivity contribution in [1.82, 2.24) is 10.3 Å². The van der Waals surface area contributed by atoms with Crippen molar-refractivity contribution in [3.8, 4) is 0 Å². The summed E-state index contributed by atoms with van der Waals surface area (Å²) in [5, 5.41) is 3.71. The smallest absolute Gasteiger partial charge is 0.349 e. The van der Waals surface area contributed by atoms with Crippen LogP contribution in [0.25, 0.3) is 0 Å². The highest BCUT2D eigenvalue weighted by Gasteiger charge is 2.53. The van der Waals surface area contributed by atoms with Gasteiger partial charge in [-0.15, -0.1) is 0 Å². The molecule has 1 N–H and O–H groups in total. The number of nitrogens with one attached hydrogen (secondary N) is 1. The van der Waals surface area contributed by atoms with Crippen LogP contribution in [0.1, 0.15) is 47.3 Å². The van der Waals surface area contributed by atoms with Crippen LogP contribution in [0.2, 0.25) is 10.0 Å². The van der Waals surface area contributed by atoms with Gasteiger partial charge in [0.1, 0.15) is 0 Å². The number of fused-ring (bicyclic) bond motifs is 1. The molecule has 1 aliphatic heterocycles. The average molecular weight is 468 g/mol. The Labute approximate surface area is 188 Å². The monoisotopic (exact) mass is 467 g/mol. The van der Waals surface area contributed by atoms with Crippen molar-refractivity contribution in [2.75, 3.05) is 11.4 Å². The first-order valence-electron chi connectivity index (χ1n) is 10.1. The van der Waals surface area contributed by atoms with Gasteiger partial charge in [0.05, 0.1) is 27.5 Å². The number of carbonyl (C=O) groups is 2. The van der Waals surface area contributed by atoms with Crippen LogP contribution in [0, 0.1) is 12.8 Å². The number of halogens is 4. The van der Waals surface area contributed by atoms with Crippen molar-refractivity contribution >= 4 is 40.7 Å². The number of anilines is 1. The second-order valence-electron chi connectivity index (χ2n) is 8.13. The number of alkyl halides is 2. The third-order valence-electron chi connectivity index (χ3n) is 6.02. The van der Waals surface area contributed by atoms with Crippen molar-refractivity contribution in [3.63, 3.8) is 0 Å². The third-order valence-corrected chi connectivity index (χ3v) is 6.47. The van der Waals surface area contributed by atoms with E-state index in [0.29, 0.717) is 47.0 Å². The van der Waals surface area contributed by atoms with Gasteiger partial charge in [0.15, 0.2) is 0 Å². The molecule has 31 heavy (non-hydrogen) atoms. The van der Waals surface area contributed by atoms with E-state index >= 15 is 0 Å².